The fourth-order valence-electron chi connectivity index (χ4n) is 2.43. The Morgan fingerprint density at radius 3 is 2.32 bits per heavy atom. The van der Waals surface area contributed by atoms with E-state index < -0.39 is 5.97 Å². The topological polar surface area (TPSA) is 59.4 Å². The van der Waals surface area contributed by atoms with E-state index >= 15 is 0 Å². The first-order chi connectivity index (χ1) is 12.2. The summed E-state index contributed by atoms with van der Waals surface area (Å²) in [6.45, 7) is 2.21. The third-order valence-corrected chi connectivity index (χ3v) is 3.93. The van der Waals surface area contributed by atoms with E-state index in [1.165, 1.54) is 11.8 Å². The van der Waals surface area contributed by atoms with Crippen LogP contribution in [0.15, 0.2) is 67.0 Å². The summed E-state index contributed by atoms with van der Waals surface area (Å²) in [6, 6.07) is 17.1. The van der Waals surface area contributed by atoms with Crippen molar-refractivity contribution in [3.63, 3.8) is 0 Å². The maximum atomic E-state index is 12.3. The van der Waals surface area contributed by atoms with Gasteiger partial charge in [0.1, 0.15) is 6.61 Å². The average molecular weight is 333 g/mol. The minimum absolute atomic E-state index is 0.00244. The predicted octanol–water partition coefficient (Wildman–Crippen LogP) is 3.91. The lowest BCUT2D eigenvalue weighted by Gasteiger charge is -2.07. The first kappa shape index (κ1) is 16.9. The Kier molecular flexibility index (Phi) is 5.21. The van der Waals surface area contributed by atoms with Crippen molar-refractivity contribution in [2.75, 3.05) is 0 Å². The van der Waals surface area contributed by atoms with E-state index in [1.54, 1.807) is 12.3 Å². The van der Waals surface area contributed by atoms with Gasteiger partial charge in [0.05, 0.1) is 12.2 Å². The molecule has 0 saturated heterocycles. The molecular weight excluding hydrogens is 314 g/mol. The Bertz CT molecular complexity index is 855. The number of hydrogen-bond donors (Lipinski definition) is 1. The summed E-state index contributed by atoms with van der Waals surface area (Å²) in [4.78, 5) is 16.4. The molecule has 0 aliphatic heterocycles. The lowest BCUT2D eigenvalue weighted by Crippen LogP contribution is -2.06. The summed E-state index contributed by atoms with van der Waals surface area (Å²) < 4.78 is 5.36. The highest BCUT2D eigenvalue weighted by Crippen LogP contribution is 2.20. The number of carbonyl (C=O) groups is 1. The fraction of sp³-hybridized carbons (Fsp3) is 0.143. The highest BCUT2D eigenvalue weighted by Gasteiger charge is 2.10. The molecule has 1 N–H and O–H groups in total. The molecule has 0 aliphatic carbocycles. The first-order valence-electron chi connectivity index (χ1n) is 8.03. The molecule has 0 radical (unpaired) electrons. The Morgan fingerprint density at radius 1 is 0.960 bits per heavy atom. The number of aromatic nitrogens is 1. The maximum Gasteiger partial charge on any atom is 0.340 e. The van der Waals surface area contributed by atoms with Gasteiger partial charge < -0.3 is 9.84 Å². The quantitative estimate of drug-likeness (QED) is 0.719. The molecule has 4 nitrogen and oxygen atoms in total. The molecule has 0 amide bonds. The Morgan fingerprint density at radius 2 is 1.64 bits per heavy atom. The van der Waals surface area contributed by atoms with E-state index in [4.69, 9.17) is 9.84 Å². The van der Waals surface area contributed by atoms with Gasteiger partial charge in [0.2, 0.25) is 0 Å². The molecule has 25 heavy (non-hydrogen) atoms. The van der Waals surface area contributed by atoms with Gasteiger partial charge >= 0.3 is 5.97 Å². The number of benzene rings is 2. The molecule has 0 aliphatic rings. The Balaban J connectivity index is 1.69. The predicted molar refractivity (Wildman–Crippen MR) is 95.9 cm³/mol. The number of rotatable bonds is 5. The second-order valence-electron chi connectivity index (χ2n) is 5.88. The van der Waals surface area contributed by atoms with E-state index in [-0.39, 0.29) is 13.2 Å². The number of carbonyl (C=O) groups excluding carboxylic acids is 1. The van der Waals surface area contributed by atoms with Gasteiger partial charge in [-0.2, -0.15) is 0 Å². The first-order valence-corrected chi connectivity index (χ1v) is 8.03. The van der Waals surface area contributed by atoms with Crippen LogP contribution in [0.3, 0.4) is 0 Å². The zero-order valence-corrected chi connectivity index (χ0v) is 14.0. The summed E-state index contributed by atoms with van der Waals surface area (Å²) in [5.74, 6) is -0.410. The van der Waals surface area contributed by atoms with Gasteiger partial charge in [-0.25, -0.2) is 4.79 Å². The van der Waals surface area contributed by atoms with Gasteiger partial charge in [-0.3, -0.25) is 4.98 Å². The average Bonchev–Trinajstić information content (AvgIpc) is 2.67. The Labute approximate surface area is 146 Å². The van der Waals surface area contributed by atoms with Crippen molar-refractivity contribution in [2.24, 2.45) is 0 Å². The van der Waals surface area contributed by atoms with E-state index in [2.05, 4.69) is 4.98 Å². The van der Waals surface area contributed by atoms with Gasteiger partial charge in [0.15, 0.2) is 0 Å². The van der Waals surface area contributed by atoms with Crippen molar-refractivity contribution in [3.05, 3.63) is 89.2 Å². The molecule has 0 saturated carbocycles. The molecule has 0 fully saturated rings. The summed E-state index contributed by atoms with van der Waals surface area (Å²) in [6.07, 6.45) is 3.24. The van der Waals surface area contributed by atoms with Gasteiger partial charge in [-0.15, -0.1) is 0 Å². The van der Waals surface area contributed by atoms with E-state index in [0.717, 1.165) is 22.3 Å². The van der Waals surface area contributed by atoms with Crippen LogP contribution in [0.4, 0.5) is 0 Å². The molecule has 2 aromatic carbocycles. The standard InChI is InChI=1S/C21H19NO3/c1-15-2-8-18(9-3-15)19-10-20(12-22-11-19)21(24)25-14-17-6-4-16(13-23)5-7-17/h2-12,23H,13-14H2,1H3. The minimum Gasteiger partial charge on any atom is -0.457 e. The molecular formula is C21H19NO3. The second-order valence-corrected chi connectivity index (χ2v) is 5.88. The van der Waals surface area contributed by atoms with Crippen molar-refractivity contribution in [2.45, 2.75) is 20.1 Å². The highest BCUT2D eigenvalue weighted by atomic mass is 16.5. The molecule has 1 heterocycles. The third-order valence-electron chi connectivity index (χ3n) is 3.93. The normalized spacial score (nSPS) is 10.5. The SMILES string of the molecule is Cc1ccc(-c2cncc(C(=O)OCc3ccc(CO)cc3)c2)cc1. The number of aliphatic hydroxyl groups is 1. The number of aryl methyl sites for hydroxylation is 1. The highest BCUT2D eigenvalue weighted by molar-refractivity contribution is 5.90. The minimum atomic E-state index is -0.410. The van der Waals surface area contributed by atoms with Crippen LogP contribution >= 0.6 is 0 Å². The molecule has 0 bridgehead atoms. The van der Waals surface area contributed by atoms with Crippen molar-refractivity contribution < 1.29 is 14.6 Å². The van der Waals surface area contributed by atoms with Crippen molar-refractivity contribution >= 4 is 5.97 Å². The van der Waals surface area contributed by atoms with Crippen LogP contribution in [0.1, 0.15) is 27.0 Å². The van der Waals surface area contributed by atoms with Crippen LogP contribution in [0.2, 0.25) is 0 Å². The molecule has 126 valence electrons. The fourth-order valence-corrected chi connectivity index (χ4v) is 2.43. The lowest BCUT2D eigenvalue weighted by atomic mass is 10.0. The lowest BCUT2D eigenvalue weighted by molar-refractivity contribution is 0.0472. The molecule has 1 aromatic heterocycles. The second kappa shape index (κ2) is 7.73. The van der Waals surface area contributed by atoms with Gasteiger partial charge in [0, 0.05) is 18.0 Å². The van der Waals surface area contributed by atoms with E-state index in [0.29, 0.717) is 5.56 Å². The molecule has 0 atom stereocenters. The van der Waals surface area contributed by atoms with Crippen LogP contribution < -0.4 is 0 Å². The number of esters is 1. The summed E-state index contributed by atoms with van der Waals surface area (Å²) in [5.41, 5.74) is 5.18. The van der Waals surface area contributed by atoms with Crippen molar-refractivity contribution in [1.82, 2.24) is 4.98 Å². The molecule has 3 aromatic rings. The van der Waals surface area contributed by atoms with Crippen molar-refractivity contribution in [1.29, 1.82) is 0 Å². The van der Waals surface area contributed by atoms with Crippen LogP contribution in [-0.2, 0) is 18.0 Å². The monoisotopic (exact) mass is 333 g/mol. The molecule has 3 rings (SSSR count). The zero-order chi connectivity index (χ0) is 17.6. The van der Waals surface area contributed by atoms with Gasteiger partial charge in [0.25, 0.3) is 0 Å². The number of nitrogens with zero attached hydrogens (tertiary/aromatic N) is 1. The number of ether oxygens (including phenoxy) is 1. The van der Waals surface area contributed by atoms with Crippen molar-refractivity contribution in [3.8, 4) is 11.1 Å². The summed E-state index contributed by atoms with van der Waals surface area (Å²) in [7, 11) is 0. The molecule has 0 unspecified atom stereocenters. The molecule has 0 spiro atoms. The number of pyridine rings is 1. The zero-order valence-electron chi connectivity index (χ0n) is 14.0. The van der Waals surface area contributed by atoms with Crippen LogP contribution in [0.25, 0.3) is 11.1 Å². The van der Waals surface area contributed by atoms with Crippen LogP contribution in [0, 0.1) is 6.92 Å². The van der Waals surface area contributed by atoms with Crippen LogP contribution in [-0.4, -0.2) is 16.1 Å². The van der Waals surface area contributed by atoms with E-state index in [9.17, 15) is 4.79 Å². The largest absolute Gasteiger partial charge is 0.457 e. The van der Waals surface area contributed by atoms with Gasteiger partial charge in [-0.1, -0.05) is 54.1 Å². The number of aliphatic hydroxyl groups excluding tert-OH is 1. The number of hydrogen-bond acceptors (Lipinski definition) is 4. The van der Waals surface area contributed by atoms with Crippen LogP contribution in [0.5, 0.6) is 0 Å². The smallest absolute Gasteiger partial charge is 0.340 e. The van der Waals surface area contributed by atoms with E-state index in [1.807, 2.05) is 55.5 Å². The molecule has 4 heteroatoms. The Hall–Kier alpha value is -2.98. The summed E-state index contributed by atoms with van der Waals surface area (Å²) in [5, 5.41) is 9.04. The summed E-state index contributed by atoms with van der Waals surface area (Å²) >= 11 is 0. The third kappa shape index (κ3) is 4.31. The maximum absolute atomic E-state index is 12.3. The van der Waals surface area contributed by atoms with Gasteiger partial charge in [-0.05, 0) is 29.7 Å².